The van der Waals surface area contributed by atoms with Gasteiger partial charge in [0.2, 0.25) is 11.9 Å². The number of hydrogen-bond acceptors (Lipinski definition) is 4. The predicted octanol–water partition coefficient (Wildman–Crippen LogP) is 3.11. The molecule has 3 rings (SSSR count). The second-order valence-electron chi connectivity index (χ2n) is 6.47. The maximum atomic E-state index is 14.4. The highest BCUT2D eigenvalue weighted by Crippen LogP contribution is 2.47. The quantitative estimate of drug-likeness (QED) is 0.845. The number of aryl methyl sites for hydroxylation is 1. The van der Waals surface area contributed by atoms with Crippen molar-refractivity contribution in [2.45, 2.75) is 25.4 Å². The van der Waals surface area contributed by atoms with E-state index in [4.69, 9.17) is 11.6 Å². The van der Waals surface area contributed by atoms with Crippen molar-refractivity contribution < 1.29 is 18.4 Å². The minimum atomic E-state index is -1.20. The summed E-state index contributed by atoms with van der Waals surface area (Å²) in [5.41, 5.74) is 0.807. The lowest BCUT2D eigenvalue weighted by Crippen LogP contribution is -2.35. The molecule has 0 spiro atoms. The molecule has 1 aliphatic rings. The molecule has 0 aliphatic heterocycles. The van der Waals surface area contributed by atoms with Gasteiger partial charge in [-0.05, 0) is 31.0 Å². The van der Waals surface area contributed by atoms with E-state index >= 15 is 0 Å². The number of nitrogens with one attached hydrogen (secondary N) is 1. The molecule has 0 bridgehead atoms. The Morgan fingerprint density at radius 3 is 2.56 bits per heavy atom. The van der Waals surface area contributed by atoms with Crippen molar-refractivity contribution in [3.05, 3.63) is 52.1 Å². The van der Waals surface area contributed by atoms with Gasteiger partial charge in [-0.1, -0.05) is 11.6 Å². The van der Waals surface area contributed by atoms with Gasteiger partial charge < -0.3 is 4.90 Å². The lowest BCUT2D eigenvalue weighted by Gasteiger charge is -2.19. The zero-order chi connectivity index (χ0) is 19.7. The minimum Gasteiger partial charge on any atom is -0.332 e. The van der Waals surface area contributed by atoms with Crippen LogP contribution in [0, 0.1) is 12.7 Å². The first-order valence-electron chi connectivity index (χ1n) is 8.24. The van der Waals surface area contributed by atoms with Crippen LogP contribution in [0.5, 0.6) is 0 Å². The second kappa shape index (κ2) is 7.56. The zero-order valence-electron chi connectivity index (χ0n) is 14.7. The minimum absolute atomic E-state index is 0.00364. The number of halogens is 3. The van der Waals surface area contributed by atoms with Crippen molar-refractivity contribution in [1.29, 1.82) is 0 Å². The van der Waals surface area contributed by atoms with Crippen LogP contribution < -0.4 is 5.32 Å². The third-order valence-electron chi connectivity index (χ3n) is 4.21. The van der Waals surface area contributed by atoms with Crippen LogP contribution in [0.1, 0.15) is 33.8 Å². The number of nitrogens with zero attached hydrogens (tertiary/aromatic N) is 3. The molecule has 1 aromatic heterocycles. The van der Waals surface area contributed by atoms with Crippen LogP contribution in [0.15, 0.2) is 24.5 Å². The highest BCUT2D eigenvalue weighted by Gasteiger charge is 2.43. The Hall–Kier alpha value is -2.61. The lowest BCUT2D eigenvalue weighted by atomic mass is 10.0. The number of amides is 2. The highest BCUT2D eigenvalue weighted by atomic mass is 35.5. The molecule has 0 radical (unpaired) electrons. The van der Waals surface area contributed by atoms with Crippen LogP contribution in [-0.4, -0.2) is 46.4 Å². The molecule has 6 nitrogen and oxygen atoms in total. The summed E-state index contributed by atoms with van der Waals surface area (Å²) in [4.78, 5) is 33.8. The summed E-state index contributed by atoms with van der Waals surface area (Å²) in [5, 5.41) is 2.30. The van der Waals surface area contributed by atoms with Gasteiger partial charge in [0.25, 0.3) is 5.91 Å². The monoisotopic (exact) mass is 394 g/mol. The summed E-state index contributed by atoms with van der Waals surface area (Å²) >= 11 is 5.77. The molecule has 27 heavy (non-hydrogen) atoms. The van der Waals surface area contributed by atoms with Crippen molar-refractivity contribution >= 4 is 29.4 Å². The topological polar surface area (TPSA) is 75.2 Å². The molecule has 142 valence electrons. The number of carbonyl (C=O) groups excluding carboxylic acids is 2. The third-order valence-corrected chi connectivity index (χ3v) is 4.50. The predicted molar refractivity (Wildman–Crippen MR) is 96.0 cm³/mol. The van der Waals surface area contributed by atoms with E-state index in [0.29, 0.717) is 0 Å². The number of carbonyl (C=O) groups is 2. The summed E-state index contributed by atoms with van der Waals surface area (Å²) in [7, 11) is 1.40. The van der Waals surface area contributed by atoms with Crippen molar-refractivity contribution in [2.75, 3.05) is 18.9 Å². The van der Waals surface area contributed by atoms with Crippen molar-refractivity contribution in [2.24, 2.45) is 0 Å². The van der Waals surface area contributed by atoms with Gasteiger partial charge in [-0.3, -0.25) is 14.9 Å². The third kappa shape index (κ3) is 4.21. The number of aromatic nitrogens is 2. The fourth-order valence-electron chi connectivity index (χ4n) is 2.69. The van der Waals surface area contributed by atoms with E-state index in [1.54, 1.807) is 12.4 Å². The number of alkyl halides is 1. The van der Waals surface area contributed by atoms with E-state index in [1.807, 2.05) is 6.92 Å². The lowest BCUT2D eigenvalue weighted by molar-refractivity contribution is -0.116. The van der Waals surface area contributed by atoms with E-state index in [-0.39, 0.29) is 35.1 Å². The molecule has 1 aromatic carbocycles. The SMILES string of the molecule is Cc1cnc(NC(=O)CN(C)C(=O)c2ccc(Cl)c(F)c2C2CC2F)nc1. The maximum Gasteiger partial charge on any atom is 0.254 e. The molecule has 1 N–H and O–H groups in total. The van der Waals surface area contributed by atoms with Gasteiger partial charge in [0.15, 0.2) is 0 Å². The van der Waals surface area contributed by atoms with E-state index in [0.717, 1.165) is 10.5 Å². The van der Waals surface area contributed by atoms with Crippen LogP contribution in [0.2, 0.25) is 5.02 Å². The Balaban J connectivity index is 1.73. The highest BCUT2D eigenvalue weighted by molar-refractivity contribution is 6.31. The molecule has 9 heteroatoms. The van der Waals surface area contributed by atoms with E-state index in [1.165, 1.54) is 19.2 Å². The second-order valence-corrected chi connectivity index (χ2v) is 6.88. The first kappa shape index (κ1) is 19.2. The molecule has 2 amide bonds. The van der Waals surface area contributed by atoms with Gasteiger partial charge >= 0.3 is 0 Å². The largest absolute Gasteiger partial charge is 0.332 e. The maximum absolute atomic E-state index is 14.4. The molecular weight excluding hydrogens is 378 g/mol. The fourth-order valence-corrected chi connectivity index (χ4v) is 2.86. The molecule has 1 heterocycles. The Morgan fingerprint density at radius 1 is 1.33 bits per heavy atom. The van der Waals surface area contributed by atoms with Crippen LogP contribution >= 0.6 is 11.6 Å². The molecule has 2 atom stereocenters. The molecule has 1 fully saturated rings. The number of hydrogen-bond donors (Lipinski definition) is 1. The summed E-state index contributed by atoms with van der Waals surface area (Å²) in [6, 6.07) is 2.60. The molecule has 1 aliphatic carbocycles. The van der Waals surface area contributed by atoms with Gasteiger partial charge in [0, 0.05) is 36.5 Å². The summed E-state index contributed by atoms with van der Waals surface area (Å²) < 4.78 is 27.9. The Bertz CT molecular complexity index is 892. The Labute approximate surface area is 159 Å². The van der Waals surface area contributed by atoms with E-state index in [2.05, 4.69) is 15.3 Å². The molecule has 2 unspecified atom stereocenters. The molecule has 0 saturated heterocycles. The summed E-state index contributed by atoms with van der Waals surface area (Å²) in [6.45, 7) is 1.51. The fraction of sp³-hybridized carbons (Fsp3) is 0.333. The Kier molecular flexibility index (Phi) is 5.36. The smallest absolute Gasteiger partial charge is 0.254 e. The van der Waals surface area contributed by atoms with Crippen LogP contribution in [0.25, 0.3) is 0 Å². The van der Waals surface area contributed by atoms with E-state index < -0.39 is 29.7 Å². The van der Waals surface area contributed by atoms with Crippen LogP contribution in [0.4, 0.5) is 14.7 Å². The van der Waals surface area contributed by atoms with Gasteiger partial charge in [-0.2, -0.15) is 0 Å². The average Bonchev–Trinajstić information content (AvgIpc) is 3.34. The Morgan fingerprint density at radius 2 is 1.96 bits per heavy atom. The number of likely N-dealkylation sites (N-methyl/N-ethyl adjacent to an activating group) is 1. The zero-order valence-corrected chi connectivity index (χ0v) is 15.4. The van der Waals surface area contributed by atoms with Crippen molar-refractivity contribution in [3.63, 3.8) is 0 Å². The van der Waals surface area contributed by atoms with E-state index in [9.17, 15) is 18.4 Å². The number of anilines is 1. The number of rotatable bonds is 5. The molecular formula is C18H17ClF2N4O2. The van der Waals surface area contributed by atoms with Crippen LogP contribution in [0.3, 0.4) is 0 Å². The summed E-state index contributed by atoms with van der Waals surface area (Å²) in [5.74, 6) is -2.48. The first-order valence-corrected chi connectivity index (χ1v) is 8.61. The van der Waals surface area contributed by atoms with Gasteiger partial charge in [-0.15, -0.1) is 0 Å². The van der Waals surface area contributed by atoms with Gasteiger partial charge in [0.05, 0.1) is 11.6 Å². The average molecular weight is 395 g/mol. The first-order chi connectivity index (χ1) is 12.8. The normalized spacial score (nSPS) is 18.1. The van der Waals surface area contributed by atoms with Crippen LogP contribution in [-0.2, 0) is 4.79 Å². The molecule has 1 saturated carbocycles. The number of benzene rings is 1. The standard InChI is InChI=1S/C18H17ClF2N4O2/c1-9-6-22-18(23-7-9)24-14(26)8-25(2)17(27)10-3-4-12(19)16(21)15(10)11-5-13(11)20/h3-4,6-7,11,13H,5,8H2,1-2H3,(H,22,23,24,26). The van der Waals surface area contributed by atoms with Gasteiger partial charge in [0.1, 0.15) is 12.0 Å². The van der Waals surface area contributed by atoms with Crippen molar-refractivity contribution in [3.8, 4) is 0 Å². The van der Waals surface area contributed by atoms with Crippen molar-refractivity contribution in [1.82, 2.24) is 14.9 Å². The van der Waals surface area contributed by atoms with Gasteiger partial charge in [-0.25, -0.2) is 18.7 Å². The molecule has 2 aromatic rings. The summed E-state index contributed by atoms with van der Waals surface area (Å²) in [6.07, 6.45) is 2.04.